The van der Waals surface area contributed by atoms with Crippen LogP contribution >= 0.6 is 0 Å². The topological polar surface area (TPSA) is 98.0 Å². The second-order valence-corrected chi connectivity index (χ2v) is 4.85. The van der Waals surface area contributed by atoms with Crippen molar-refractivity contribution in [2.45, 2.75) is 37.2 Å². The summed E-state index contributed by atoms with van der Waals surface area (Å²) in [6, 6.07) is 4.40. The molecule has 1 aliphatic rings. The Kier molecular flexibility index (Phi) is 3.17. The molecule has 1 saturated carbocycles. The summed E-state index contributed by atoms with van der Waals surface area (Å²) in [6.07, 6.45) is 1.35. The van der Waals surface area contributed by atoms with Crippen LogP contribution in [-0.2, 0) is 4.79 Å². The molecule has 1 aromatic rings. The molecule has 5 nitrogen and oxygen atoms in total. The summed E-state index contributed by atoms with van der Waals surface area (Å²) >= 11 is 0. The third-order valence-electron chi connectivity index (χ3n) is 3.66. The van der Waals surface area contributed by atoms with E-state index in [2.05, 4.69) is 0 Å². The molecule has 0 heterocycles. The zero-order valence-electron chi connectivity index (χ0n) is 9.83. The van der Waals surface area contributed by atoms with Gasteiger partial charge in [0.25, 0.3) is 0 Å². The zero-order valence-corrected chi connectivity index (χ0v) is 9.83. The van der Waals surface area contributed by atoms with Crippen LogP contribution in [0, 0.1) is 0 Å². The number of phenols is 2. The van der Waals surface area contributed by atoms with Crippen LogP contribution in [0.5, 0.6) is 11.5 Å². The number of aliphatic hydroxyl groups is 1. The lowest BCUT2D eigenvalue weighted by Gasteiger charge is -2.33. The number of aliphatic carboxylic acids is 1. The Morgan fingerprint density at radius 3 is 2.33 bits per heavy atom. The molecule has 0 unspecified atom stereocenters. The molecule has 0 saturated heterocycles. The van der Waals surface area contributed by atoms with E-state index < -0.39 is 11.6 Å². The van der Waals surface area contributed by atoms with E-state index in [1.165, 1.54) is 12.1 Å². The van der Waals surface area contributed by atoms with E-state index in [4.69, 9.17) is 5.11 Å². The molecule has 1 aliphatic carbocycles. The fraction of sp³-hybridized carbons (Fsp3) is 0.462. The maximum atomic E-state index is 10.9. The summed E-state index contributed by atoms with van der Waals surface area (Å²) in [4.78, 5) is 10.9. The average molecular weight is 252 g/mol. The fourth-order valence-corrected chi connectivity index (χ4v) is 2.50. The van der Waals surface area contributed by atoms with Crippen molar-refractivity contribution in [1.29, 1.82) is 0 Å². The summed E-state index contributed by atoms with van der Waals surface area (Å²) < 4.78 is 0. The van der Waals surface area contributed by atoms with Gasteiger partial charge >= 0.3 is 5.97 Å². The summed E-state index contributed by atoms with van der Waals surface area (Å²) in [6.45, 7) is 0. The van der Waals surface area contributed by atoms with E-state index in [1.807, 2.05) is 0 Å². The molecule has 0 atom stereocenters. The highest BCUT2D eigenvalue weighted by Crippen LogP contribution is 2.41. The first-order chi connectivity index (χ1) is 8.42. The van der Waals surface area contributed by atoms with Gasteiger partial charge in [0.1, 0.15) is 11.5 Å². The maximum absolute atomic E-state index is 10.9. The van der Waals surface area contributed by atoms with Gasteiger partial charge in [-0.1, -0.05) is 6.07 Å². The number of hydrogen-bond donors (Lipinski definition) is 4. The minimum absolute atomic E-state index is 0.00546. The standard InChI is InChI=1S/C13H16O5/c14-9-1-2-10(11(15)7-9)8-3-5-13(18,6-4-8)12(16)17/h1-2,7-8,14-15,18H,3-6H2,(H,16,17). The van der Waals surface area contributed by atoms with Gasteiger partial charge in [0.15, 0.2) is 5.60 Å². The lowest BCUT2D eigenvalue weighted by atomic mass is 9.76. The van der Waals surface area contributed by atoms with E-state index in [-0.39, 0.29) is 30.3 Å². The van der Waals surface area contributed by atoms with E-state index in [0.717, 1.165) is 0 Å². The Hall–Kier alpha value is -1.75. The van der Waals surface area contributed by atoms with Crippen molar-refractivity contribution < 1.29 is 25.2 Å². The van der Waals surface area contributed by atoms with Gasteiger partial charge in [-0.05, 0) is 43.2 Å². The molecule has 0 radical (unpaired) electrons. The van der Waals surface area contributed by atoms with Crippen molar-refractivity contribution in [3.05, 3.63) is 23.8 Å². The smallest absolute Gasteiger partial charge is 0.335 e. The Balaban J connectivity index is 2.12. The van der Waals surface area contributed by atoms with Crippen molar-refractivity contribution in [3.8, 4) is 11.5 Å². The molecule has 1 fully saturated rings. The van der Waals surface area contributed by atoms with Crippen molar-refractivity contribution in [3.63, 3.8) is 0 Å². The minimum atomic E-state index is -1.64. The molecule has 0 aromatic heterocycles. The number of benzene rings is 1. The molecular formula is C13H16O5. The van der Waals surface area contributed by atoms with Gasteiger partial charge < -0.3 is 20.4 Å². The molecule has 18 heavy (non-hydrogen) atoms. The van der Waals surface area contributed by atoms with Crippen LogP contribution in [0.1, 0.15) is 37.2 Å². The molecule has 98 valence electrons. The third-order valence-corrected chi connectivity index (χ3v) is 3.66. The van der Waals surface area contributed by atoms with Crippen LogP contribution in [0.2, 0.25) is 0 Å². The van der Waals surface area contributed by atoms with Crippen molar-refractivity contribution >= 4 is 5.97 Å². The fourth-order valence-electron chi connectivity index (χ4n) is 2.50. The highest BCUT2D eigenvalue weighted by molar-refractivity contribution is 5.77. The van der Waals surface area contributed by atoms with E-state index >= 15 is 0 Å². The predicted molar refractivity (Wildman–Crippen MR) is 63.6 cm³/mol. The zero-order chi connectivity index (χ0) is 13.3. The lowest BCUT2D eigenvalue weighted by Crippen LogP contribution is -2.41. The van der Waals surface area contributed by atoms with E-state index in [1.54, 1.807) is 6.07 Å². The van der Waals surface area contributed by atoms with Gasteiger partial charge in [-0.3, -0.25) is 0 Å². The molecule has 2 rings (SSSR count). The van der Waals surface area contributed by atoms with Gasteiger partial charge in [0.2, 0.25) is 0 Å². The summed E-state index contributed by atoms with van der Waals surface area (Å²) in [5.74, 6) is -1.16. The highest BCUT2D eigenvalue weighted by atomic mass is 16.4. The third kappa shape index (κ3) is 2.26. The quantitative estimate of drug-likeness (QED) is 0.640. The van der Waals surface area contributed by atoms with Crippen molar-refractivity contribution in [1.82, 2.24) is 0 Å². The molecule has 4 N–H and O–H groups in total. The predicted octanol–water partition coefficient (Wildman–Crippen LogP) is 1.57. The van der Waals surface area contributed by atoms with E-state index in [0.29, 0.717) is 18.4 Å². The van der Waals surface area contributed by atoms with Gasteiger partial charge in [-0.25, -0.2) is 4.79 Å². The molecule has 1 aromatic carbocycles. The number of carboxylic acids is 1. The monoisotopic (exact) mass is 252 g/mol. The first-order valence-corrected chi connectivity index (χ1v) is 5.90. The largest absolute Gasteiger partial charge is 0.508 e. The van der Waals surface area contributed by atoms with Gasteiger partial charge in [-0.15, -0.1) is 0 Å². The highest BCUT2D eigenvalue weighted by Gasteiger charge is 2.40. The Morgan fingerprint density at radius 1 is 1.22 bits per heavy atom. The number of aromatic hydroxyl groups is 2. The van der Waals surface area contributed by atoms with Crippen LogP contribution in [0.3, 0.4) is 0 Å². The number of carbonyl (C=O) groups is 1. The molecule has 0 spiro atoms. The molecule has 0 amide bonds. The van der Waals surface area contributed by atoms with Gasteiger partial charge in [0.05, 0.1) is 0 Å². The molecule has 5 heteroatoms. The summed E-state index contributed by atoms with van der Waals surface area (Å²) in [5.41, 5.74) is -0.941. The summed E-state index contributed by atoms with van der Waals surface area (Å²) in [5, 5.41) is 37.7. The van der Waals surface area contributed by atoms with Crippen LogP contribution in [-0.4, -0.2) is 32.0 Å². The van der Waals surface area contributed by atoms with Crippen molar-refractivity contribution in [2.24, 2.45) is 0 Å². The van der Waals surface area contributed by atoms with Crippen LogP contribution in [0.4, 0.5) is 0 Å². The van der Waals surface area contributed by atoms with E-state index in [9.17, 15) is 20.1 Å². The lowest BCUT2D eigenvalue weighted by molar-refractivity contribution is -0.162. The average Bonchev–Trinajstić information content (AvgIpc) is 2.31. The molecule has 0 bridgehead atoms. The Labute approximate surface area is 104 Å². The number of phenolic OH excluding ortho intramolecular Hbond substituents is 2. The number of hydrogen-bond acceptors (Lipinski definition) is 4. The Morgan fingerprint density at radius 2 is 1.83 bits per heavy atom. The van der Waals surface area contributed by atoms with Gasteiger partial charge in [0, 0.05) is 6.07 Å². The molecular weight excluding hydrogens is 236 g/mol. The van der Waals surface area contributed by atoms with Gasteiger partial charge in [-0.2, -0.15) is 0 Å². The first kappa shape index (κ1) is 12.7. The normalized spacial score (nSPS) is 27.9. The first-order valence-electron chi connectivity index (χ1n) is 5.90. The molecule has 0 aliphatic heterocycles. The van der Waals surface area contributed by atoms with Crippen LogP contribution in [0.25, 0.3) is 0 Å². The Bertz CT molecular complexity index is 460. The second kappa shape index (κ2) is 4.49. The minimum Gasteiger partial charge on any atom is -0.508 e. The van der Waals surface area contributed by atoms with Crippen LogP contribution in [0.15, 0.2) is 18.2 Å². The number of carboxylic acid groups (broad SMARTS) is 1. The SMILES string of the molecule is O=C(O)C1(O)CCC(c2ccc(O)cc2O)CC1. The van der Waals surface area contributed by atoms with Crippen molar-refractivity contribution in [2.75, 3.05) is 0 Å². The summed E-state index contributed by atoms with van der Waals surface area (Å²) in [7, 11) is 0. The number of rotatable bonds is 2. The van der Waals surface area contributed by atoms with Crippen LogP contribution < -0.4 is 0 Å². The maximum Gasteiger partial charge on any atom is 0.335 e. The second-order valence-electron chi connectivity index (χ2n) is 4.85.